The molecule has 28 heavy (non-hydrogen) atoms. The van der Waals surface area contributed by atoms with Crippen molar-refractivity contribution < 1.29 is 14.3 Å². The first-order valence-electron chi connectivity index (χ1n) is 8.29. The Balaban J connectivity index is 1.60. The summed E-state index contributed by atoms with van der Waals surface area (Å²) in [5, 5.41) is 16.8. The number of rotatable bonds is 5. The second-order valence-electron chi connectivity index (χ2n) is 5.79. The van der Waals surface area contributed by atoms with Crippen molar-refractivity contribution in [3.8, 4) is 22.8 Å². The first kappa shape index (κ1) is 17.7. The van der Waals surface area contributed by atoms with E-state index in [1.807, 2.05) is 12.1 Å². The van der Waals surface area contributed by atoms with Gasteiger partial charge in [0.05, 0.1) is 24.6 Å². The summed E-state index contributed by atoms with van der Waals surface area (Å²) in [5.41, 5.74) is 4.13. The van der Waals surface area contributed by atoms with Crippen molar-refractivity contribution >= 4 is 33.7 Å². The van der Waals surface area contributed by atoms with Gasteiger partial charge in [0.15, 0.2) is 11.3 Å². The zero-order chi connectivity index (χ0) is 19.5. The fourth-order valence-corrected chi connectivity index (χ4v) is 3.32. The molecule has 0 unspecified atom stereocenters. The van der Waals surface area contributed by atoms with Gasteiger partial charge in [0.1, 0.15) is 5.75 Å². The summed E-state index contributed by atoms with van der Waals surface area (Å²) in [6.07, 6.45) is 1.49. The topological polar surface area (TPSA) is 97.0 Å². The van der Waals surface area contributed by atoms with Crippen LogP contribution < -0.4 is 15.8 Å². The molecule has 0 aliphatic carbocycles. The highest BCUT2D eigenvalue weighted by Crippen LogP contribution is 2.29. The number of nitrogens with one attached hydrogen (secondary N) is 1. The van der Waals surface area contributed by atoms with E-state index in [9.17, 15) is 9.90 Å². The van der Waals surface area contributed by atoms with Crippen LogP contribution in [0.2, 0.25) is 0 Å². The van der Waals surface area contributed by atoms with Gasteiger partial charge in [0.2, 0.25) is 5.13 Å². The van der Waals surface area contributed by atoms with E-state index in [0.717, 1.165) is 5.39 Å². The van der Waals surface area contributed by atoms with E-state index >= 15 is 0 Å². The van der Waals surface area contributed by atoms with Crippen molar-refractivity contribution in [2.45, 2.75) is 0 Å². The molecule has 0 amide bonds. The van der Waals surface area contributed by atoms with Crippen molar-refractivity contribution in [2.24, 2.45) is 5.10 Å². The number of thiazole rings is 1. The van der Waals surface area contributed by atoms with Gasteiger partial charge in [-0.3, -0.25) is 5.43 Å². The number of aromatic hydroxyl groups is 1. The van der Waals surface area contributed by atoms with Crippen LogP contribution in [0.3, 0.4) is 0 Å². The Bertz CT molecular complexity index is 1230. The molecular weight excluding hydrogens is 378 g/mol. The summed E-state index contributed by atoms with van der Waals surface area (Å²) >= 11 is 1.30. The van der Waals surface area contributed by atoms with E-state index in [0.29, 0.717) is 33.3 Å². The van der Waals surface area contributed by atoms with Gasteiger partial charge in [0.25, 0.3) is 0 Å². The number of anilines is 1. The number of aromatic nitrogens is 1. The monoisotopic (exact) mass is 393 g/mol. The molecule has 0 atom stereocenters. The number of hydrogen-bond donors (Lipinski definition) is 2. The van der Waals surface area contributed by atoms with E-state index in [2.05, 4.69) is 15.5 Å². The summed E-state index contributed by atoms with van der Waals surface area (Å²) in [5.74, 6) is 0.636. The highest BCUT2D eigenvalue weighted by molar-refractivity contribution is 7.14. The molecule has 2 heterocycles. The van der Waals surface area contributed by atoms with Gasteiger partial charge >= 0.3 is 5.63 Å². The number of methoxy groups -OCH3 is 1. The Hall–Kier alpha value is -3.65. The SMILES string of the molecule is COc1cccc2cc(-c3csc(N/N=C\c4ccccc4O)n3)c(=O)oc12. The zero-order valence-electron chi connectivity index (χ0n) is 14.7. The number of hydrazone groups is 1. The number of benzene rings is 2. The third-order valence-electron chi connectivity index (χ3n) is 4.02. The maximum absolute atomic E-state index is 12.4. The predicted molar refractivity (Wildman–Crippen MR) is 109 cm³/mol. The molecule has 0 saturated heterocycles. The Morgan fingerprint density at radius 1 is 1.25 bits per heavy atom. The van der Waals surface area contributed by atoms with Crippen LogP contribution in [-0.4, -0.2) is 23.4 Å². The molecule has 0 aliphatic rings. The maximum Gasteiger partial charge on any atom is 0.345 e. The van der Waals surface area contributed by atoms with Crippen molar-refractivity contribution in [3.63, 3.8) is 0 Å². The number of fused-ring (bicyclic) bond motifs is 1. The Kier molecular flexibility index (Phi) is 4.77. The van der Waals surface area contributed by atoms with Crippen molar-refractivity contribution in [1.82, 2.24) is 4.98 Å². The van der Waals surface area contributed by atoms with Crippen LogP contribution in [0.4, 0.5) is 5.13 Å². The molecule has 0 aliphatic heterocycles. The average Bonchev–Trinajstić information content (AvgIpc) is 3.17. The largest absolute Gasteiger partial charge is 0.507 e. The van der Waals surface area contributed by atoms with Crippen molar-refractivity contribution in [2.75, 3.05) is 12.5 Å². The number of phenolic OH excluding ortho intramolecular Hbond substituents is 1. The third-order valence-corrected chi connectivity index (χ3v) is 4.77. The van der Waals surface area contributed by atoms with Crippen LogP contribution in [-0.2, 0) is 0 Å². The number of para-hydroxylation sites is 2. The molecule has 0 fully saturated rings. The van der Waals surface area contributed by atoms with Gasteiger partial charge in [-0.05, 0) is 24.3 Å². The Morgan fingerprint density at radius 3 is 2.93 bits per heavy atom. The van der Waals surface area contributed by atoms with Gasteiger partial charge in [-0.15, -0.1) is 11.3 Å². The van der Waals surface area contributed by atoms with Crippen molar-refractivity contribution in [3.05, 3.63) is 69.9 Å². The molecule has 2 aromatic heterocycles. The highest BCUT2D eigenvalue weighted by atomic mass is 32.1. The maximum atomic E-state index is 12.4. The smallest absolute Gasteiger partial charge is 0.345 e. The molecule has 2 N–H and O–H groups in total. The molecule has 7 nitrogen and oxygen atoms in total. The van der Waals surface area contributed by atoms with Crippen molar-refractivity contribution in [1.29, 1.82) is 0 Å². The molecule has 4 rings (SSSR count). The van der Waals surface area contributed by atoms with Crippen LogP contribution in [0.25, 0.3) is 22.2 Å². The molecule has 0 radical (unpaired) electrons. The molecule has 0 spiro atoms. The highest BCUT2D eigenvalue weighted by Gasteiger charge is 2.13. The minimum absolute atomic E-state index is 0.136. The zero-order valence-corrected chi connectivity index (χ0v) is 15.6. The number of nitrogens with zero attached hydrogens (tertiary/aromatic N) is 2. The second-order valence-corrected chi connectivity index (χ2v) is 6.65. The quantitative estimate of drug-likeness (QED) is 0.301. The average molecular weight is 393 g/mol. The van der Waals surface area contributed by atoms with Crippen LogP contribution >= 0.6 is 11.3 Å². The Labute approximate surface area is 163 Å². The van der Waals surface area contributed by atoms with Gasteiger partial charge < -0.3 is 14.3 Å². The standard InChI is InChI=1S/C20H15N3O4S/c1-26-17-8-4-6-12-9-14(19(25)27-18(12)17)15-11-28-20(22-15)23-21-10-13-5-2-3-7-16(13)24/h2-11,24H,1H3,(H,22,23)/b21-10-. The fraction of sp³-hybridized carbons (Fsp3) is 0.0500. The second kappa shape index (κ2) is 7.53. The number of phenols is 1. The fourth-order valence-electron chi connectivity index (χ4n) is 2.66. The van der Waals surface area contributed by atoms with Crippen LogP contribution in [0.1, 0.15) is 5.56 Å². The first-order valence-corrected chi connectivity index (χ1v) is 9.17. The minimum Gasteiger partial charge on any atom is -0.507 e. The van der Waals surface area contributed by atoms with E-state index in [4.69, 9.17) is 9.15 Å². The third kappa shape index (κ3) is 3.45. The van der Waals surface area contributed by atoms with Gasteiger partial charge in [-0.25, -0.2) is 9.78 Å². The van der Waals surface area contributed by atoms with Gasteiger partial charge in [-0.2, -0.15) is 5.10 Å². The van der Waals surface area contributed by atoms with Crippen LogP contribution in [0, 0.1) is 0 Å². The van der Waals surface area contributed by atoms with Gasteiger partial charge in [0, 0.05) is 16.3 Å². The molecule has 2 aromatic carbocycles. The van der Waals surface area contributed by atoms with E-state index in [-0.39, 0.29) is 5.75 Å². The molecular formula is C20H15N3O4S. The summed E-state index contributed by atoms with van der Waals surface area (Å²) in [6.45, 7) is 0. The number of hydrogen-bond acceptors (Lipinski definition) is 8. The summed E-state index contributed by atoms with van der Waals surface area (Å²) < 4.78 is 10.7. The lowest BCUT2D eigenvalue weighted by molar-refractivity contribution is 0.407. The van der Waals surface area contributed by atoms with Gasteiger partial charge in [-0.1, -0.05) is 24.3 Å². The lowest BCUT2D eigenvalue weighted by Gasteiger charge is -2.04. The first-order chi connectivity index (χ1) is 13.7. The normalized spacial score (nSPS) is 11.2. The predicted octanol–water partition coefficient (Wildman–Crippen LogP) is 4.08. The summed E-state index contributed by atoms with van der Waals surface area (Å²) in [6, 6.07) is 14.0. The molecule has 4 aromatic rings. The minimum atomic E-state index is -0.494. The lowest BCUT2D eigenvalue weighted by atomic mass is 10.1. The van der Waals surface area contributed by atoms with Crippen LogP contribution in [0.5, 0.6) is 11.5 Å². The lowest BCUT2D eigenvalue weighted by Crippen LogP contribution is -2.03. The van der Waals surface area contributed by atoms with Crippen LogP contribution in [0.15, 0.2) is 68.2 Å². The molecule has 0 saturated carbocycles. The summed E-state index contributed by atoms with van der Waals surface area (Å²) in [7, 11) is 1.52. The van der Waals surface area contributed by atoms with E-state index in [1.54, 1.807) is 41.8 Å². The Morgan fingerprint density at radius 2 is 2.11 bits per heavy atom. The molecule has 0 bridgehead atoms. The molecule has 8 heteroatoms. The van der Waals surface area contributed by atoms with E-state index in [1.165, 1.54) is 24.7 Å². The molecule has 140 valence electrons. The van der Waals surface area contributed by atoms with E-state index < -0.39 is 5.63 Å². The summed E-state index contributed by atoms with van der Waals surface area (Å²) in [4.78, 5) is 16.8. The number of ether oxygens (including phenoxy) is 1.